The minimum absolute atomic E-state index is 0.0379. The standard InChI is InChI=1S/C21H34O7/c1-3-4-5-9-12-25-13-14-26-20(23)16-27-21(24)17(2)15-19(22)28-18-10-7-6-8-11-18/h18H,2-16H2,1H3. The molecule has 1 aliphatic carbocycles. The van der Waals surface area contributed by atoms with Crippen LogP contribution in [0.15, 0.2) is 12.2 Å². The van der Waals surface area contributed by atoms with Crippen molar-refractivity contribution in [3.8, 4) is 0 Å². The number of rotatable bonds is 14. The largest absolute Gasteiger partial charge is 0.462 e. The van der Waals surface area contributed by atoms with E-state index in [1.165, 1.54) is 12.8 Å². The van der Waals surface area contributed by atoms with E-state index in [4.69, 9.17) is 18.9 Å². The maximum Gasteiger partial charge on any atom is 0.344 e. The molecule has 28 heavy (non-hydrogen) atoms. The van der Waals surface area contributed by atoms with Crippen LogP contribution in [-0.4, -0.2) is 50.4 Å². The Labute approximate surface area is 167 Å². The molecule has 0 saturated heterocycles. The van der Waals surface area contributed by atoms with Crippen molar-refractivity contribution in [2.24, 2.45) is 0 Å². The summed E-state index contributed by atoms with van der Waals surface area (Å²) in [4.78, 5) is 35.2. The molecule has 1 aliphatic rings. The summed E-state index contributed by atoms with van der Waals surface area (Å²) >= 11 is 0. The first-order chi connectivity index (χ1) is 13.5. The van der Waals surface area contributed by atoms with Crippen LogP contribution in [0.5, 0.6) is 0 Å². The zero-order valence-electron chi connectivity index (χ0n) is 17.0. The SMILES string of the molecule is C=C(CC(=O)OC1CCCCC1)C(=O)OCC(=O)OCCOCCCCCC. The third-order valence-corrected chi connectivity index (χ3v) is 4.45. The molecule has 0 aliphatic heterocycles. The number of hydrogen-bond acceptors (Lipinski definition) is 7. The van der Waals surface area contributed by atoms with Crippen LogP contribution in [0, 0.1) is 0 Å². The zero-order valence-corrected chi connectivity index (χ0v) is 17.0. The van der Waals surface area contributed by atoms with Gasteiger partial charge in [-0.15, -0.1) is 0 Å². The highest BCUT2D eigenvalue weighted by molar-refractivity contribution is 5.94. The van der Waals surface area contributed by atoms with Crippen LogP contribution in [-0.2, 0) is 33.3 Å². The lowest BCUT2D eigenvalue weighted by molar-refractivity contribution is -0.158. The summed E-state index contributed by atoms with van der Waals surface area (Å²) in [5, 5.41) is 0. The minimum Gasteiger partial charge on any atom is -0.462 e. The summed E-state index contributed by atoms with van der Waals surface area (Å²) in [7, 11) is 0. The molecule has 0 unspecified atom stereocenters. The molecule has 0 radical (unpaired) electrons. The van der Waals surface area contributed by atoms with Crippen LogP contribution in [0.3, 0.4) is 0 Å². The summed E-state index contributed by atoms with van der Waals surface area (Å²) in [6.07, 6.45) is 9.14. The minimum atomic E-state index is -0.801. The molecule has 0 bridgehead atoms. The summed E-state index contributed by atoms with van der Waals surface area (Å²) in [5.41, 5.74) is -0.0379. The Kier molecular flexibility index (Phi) is 13.0. The molecule has 0 aromatic rings. The molecule has 1 saturated carbocycles. The predicted octanol–water partition coefficient (Wildman–Crippen LogP) is 3.49. The van der Waals surface area contributed by atoms with Gasteiger partial charge < -0.3 is 18.9 Å². The monoisotopic (exact) mass is 398 g/mol. The molecule has 0 N–H and O–H groups in total. The van der Waals surface area contributed by atoms with Crippen LogP contribution in [0.25, 0.3) is 0 Å². The topological polar surface area (TPSA) is 88.1 Å². The van der Waals surface area contributed by atoms with Crippen molar-refractivity contribution in [3.05, 3.63) is 12.2 Å². The van der Waals surface area contributed by atoms with Crippen molar-refractivity contribution in [3.63, 3.8) is 0 Å². The van der Waals surface area contributed by atoms with Crippen LogP contribution in [0.1, 0.15) is 71.1 Å². The Bertz CT molecular complexity index is 495. The highest BCUT2D eigenvalue weighted by atomic mass is 16.6. The van der Waals surface area contributed by atoms with Gasteiger partial charge in [0.05, 0.1) is 13.0 Å². The molecule has 0 amide bonds. The van der Waals surface area contributed by atoms with Crippen LogP contribution >= 0.6 is 0 Å². The predicted molar refractivity (Wildman–Crippen MR) is 104 cm³/mol. The molecular formula is C21H34O7. The normalized spacial score (nSPS) is 14.3. The number of ether oxygens (including phenoxy) is 4. The Morgan fingerprint density at radius 1 is 0.893 bits per heavy atom. The van der Waals surface area contributed by atoms with Crippen LogP contribution < -0.4 is 0 Å². The lowest BCUT2D eigenvalue weighted by Crippen LogP contribution is -2.23. The van der Waals surface area contributed by atoms with Gasteiger partial charge in [0.25, 0.3) is 0 Å². The zero-order chi connectivity index (χ0) is 20.6. The number of esters is 3. The van der Waals surface area contributed by atoms with E-state index in [0.29, 0.717) is 13.2 Å². The van der Waals surface area contributed by atoms with E-state index in [9.17, 15) is 14.4 Å². The Morgan fingerprint density at radius 2 is 1.64 bits per heavy atom. The second kappa shape index (κ2) is 15.1. The van der Waals surface area contributed by atoms with Crippen LogP contribution in [0.2, 0.25) is 0 Å². The van der Waals surface area contributed by atoms with Gasteiger partial charge in [0.15, 0.2) is 6.61 Å². The highest BCUT2D eigenvalue weighted by Crippen LogP contribution is 2.21. The molecule has 0 atom stereocenters. The fourth-order valence-electron chi connectivity index (χ4n) is 2.87. The van der Waals surface area contributed by atoms with E-state index >= 15 is 0 Å². The molecule has 0 heterocycles. The first-order valence-electron chi connectivity index (χ1n) is 10.3. The Hall–Kier alpha value is -1.89. The van der Waals surface area contributed by atoms with E-state index in [2.05, 4.69) is 13.5 Å². The molecule has 7 nitrogen and oxygen atoms in total. The molecular weight excluding hydrogens is 364 g/mol. The molecule has 0 spiro atoms. The molecule has 0 aromatic carbocycles. The van der Waals surface area contributed by atoms with Gasteiger partial charge >= 0.3 is 17.9 Å². The molecule has 0 aromatic heterocycles. The van der Waals surface area contributed by atoms with Crippen molar-refractivity contribution >= 4 is 17.9 Å². The van der Waals surface area contributed by atoms with Gasteiger partial charge in [-0.25, -0.2) is 9.59 Å². The smallest absolute Gasteiger partial charge is 0.344 e. The van der Waals surface area contributed by atoms with E-state index in [0.717, 1.165) is 44.9 Å². The molecule has 160 valence electrons. The molecule has 1 rings (SSSR count). The maximum atomic E-state index is 11.9. The maximum absolute atomic E-state index is 11.9. The second-order valence-corrected chi connectivity index (χ2v) is 7.00. The van der Waals surface area contributed by atoms with E-state index < -0.39 is 24.5 Å². The number of hydrogen-bond donors (Lipinski definition) is 0. The lowest BCUT2D eigenvalue weighted by Gasteiger charge is -2.21. The summed E-state index contributed by atoms with van der Waals surface area (Å²) in [6.45, 7) is 6.22. The van der Waals surface area contributed by atoms with E-state index in [1.807, 2.05) is 0 Å². The van der Waals surface area contributed by atoms with Crippen molar-refractivity contribution in [2.75, 3.05) is 26.4 Å². The lowest BCUT2D eigenvalue weighted by atomic mass is 9.98. The average Bonchev–Trinajstić information content (AvgIpc) is 2.68. The molecule has 7 heteroatoms. The fraction of sp³-hybridized carbons (Fsp3) is 0.762. The third kappa shape index (κ3) is 11.7. The van der Waals surface area contributed by atoms with Crippen molar-refractivity contribution in [2.45, 2.75) is 77.2 Å². The van der Waals surface area contributed by atoms with E-state index in [1.54, 1.807) is 0 Å². The van der Waals surface area contributed by atoms with Crippen LogP contribution in [0.4, 0.5) is 0 Å². The van der Waals surface area contributed by atoms with E-state index in [-0.39, 0.29) is 24.7 Å². The fourth-order valence-corrected chi connectivity index (χ4v) is 2.87. The number of unbranched alkanes of at least 4 members (excludes halogenated alkanes) is 3. The van der Waals surface area contributed by atoms with Gasteiger partial charge in [-0.05, 0) is 32.1 Å². The van der Waals surface area contributed by atoms with Gasteiger partial charge in [0.1, 0.15) is 12.7 Å². The second-order valence-electron chi connectivity index (χ2n) is 7.00. The number of carbonyl (C=O) groups is 3. The quantitative estimate of drug-likeness (QED) is 0.191. The van der Waals surface area contributed by atoms with Gasteiger partial charge in [-0.3, -0.25) is 4.79 Å². The highest BCUT2D eigenvalue weighted by Gasteiger charge is 2.20. The van der Waals surface area contributed by atoms with Gasteiger partial charge in [0, 0.05) is 12.2 Å². The summed E-state index contributed by atoms with van der Waals surface area (Å²) in [5.74, 6) is -1.96. The molecule has 1 fully saturated rings. The number of carbonyl (C=O) groups excluding carboxylic acids is 3. The first kappa shape index (κ1) is 24.1. The Morgan fingerprint density at radius 3 is 2.36 bits per heavy atom. The van der Waals surface area contributed by atoms with Crippen molar-refractivity contribution < 1.29 is 33.3 Å². The third-order valence-electron chi connectivity index (χ3n) is 4.45. The van der Waals surface area contributed by atoms with Gasteiger partial charge in [-0.2, -0.15) is 0 Å². The summed E-state index contributed by atoms with van der Waals surface area (Å²) < 4.78 is 20.4. The first-order valence-corrected chi connectivity index (χ1v) is 10.3. The Balaban J connectivity index is 2.06. The van der Waals surface area contributed by atoms with Gasteiger partial charge in [0.2, 0.25) is 0 Å². The average molecular weight is 398 g/mol. The summed E-state index contributed by atoms with van der Waals surface area (Å²) in [6, 6.07) is 0. The van der Waals surface area contributed by atoms with Crippen molar-refractivity contribution in [1.82, 2.24) is 0 Å². The van der Waals surface area contributed by atoms with Crippen molar-refractivity contribution in [1.29, 1.82) is 0 Å². The van der Waals surface area contributed by atoms with Gasteiger partial charge in [-0.1, -0.05) is 39.2 Å².